The van der Waals surface area contributed by atoms with Gasteiger partial charge in [-0.2, -0.15) is 0 Å². The average Bonchev–Trinajstić information content (AvgIpc) is 2.32. The summed E-state index contributed by atoms with van der Waals surface area (Å²) in [5.41, 5.74) is 2.75. The van der Waals surface area contributed by atoms with E-state index in [9.17, 15) is 4.79 Å². The molecule has 5 nitrogen and oxygen atoms in total. The van der Waals surface area contributed by atoms with Crippen molar-refractivity contribution in [2.75, 3.05) is 13.3 Å². The first kappa shape index (κ1) is 12.6. The van der Waals surface area contributed by atoms with Gasteiger partial charge in [-0.05, 0) is 25.1 Å². The van der Waals surface area contributed by atoms with Crippen LogP contribution in [-0.4, -0.2) is 40.3 Å². The predicted octanol–water partition coefficient (Wildman–Crippen LogP) is 0.777. The van der Waals surface area contributed by atoms with Crippen LogP contribution in [0, 0.1) is 0 Å². The van der Waals surface area contributed by atoms with E-state index < -0.39 is 0 Å². The third-order valence-corrected chi connectivity index (χ3v) is 3.75. The molecule has 17 heavy (non-hydrogen) atoms. The van der Waals surface area contributed by atoms with Gasteiger partial charge in [0, 0.05) is 13.0 Å². The molecule has 1 saturated carbocycles. The zero-order valence-corrected chi connectivity index (χ0v) is 11.1. The second kappa shape index (κ2) is 5.64. The minimum absolute atomic E-state index is 0.0837. The Kier molecular flexibility index (Phi) is 4.17. The SMILES string of the molecule is CC(=O)NN1CN(C2CCCCC2)CNC1=S. The van der Waals surface area contributed by atoms with Crippen molar-refractivity contribution in [3.8, 4) is 0 Å². The number of hydrazine groups is 1. The molecule has 0 bridgehead atoms. The second-order valence-corrected chi connectivity index (χ2v) is 5.14. The van der Waals surface area contributed by atoms with Crippen molar-refractivity contribution in [1.82, 2.24) is 20.7 Å². The molecule has 1 aliphatic heterocycles. The summed E-state index contributed by atoms with van der Waals surface area (Å²) >= 11 is 5.17. The third-order valence-electron chi connectivity index (χ3n) is 3.39. The highest BCUT2D eigenvalue weighted by Crippen LogP contribution is 2.23. The smallest absolute Gasteiger partial charge is 0.235 e. The monoisotopic (exact) mass is 256 g/mol. The van der Waals surface area contributed by atoms with Gasteiger partial charge >= 0.3 is 0 Å². The van der Waals surface area contributed by atoms with Crippen LogP contribution in [0.25, 0.3) is 0 Å². The Bertz CT molecular complexity index is 304. The van der Waals surface area contributed by atoms with Crippen LogP contribution >= 0.6 is 12.2 Å². The average molecular weight is 256 g/mol. The molecule has 1 amide bonds. The van der Waals surface area contributed by atoms with Crippen molar-refractivity contribution in [2.45, 2.75) is 45.1 Å². The molecule has 2 aliphatic rings. The Labute approximate surface area is 107 Å². The molecule has 2 fully saturated rings. The molecule has 0 aromatic heterocycles. The van der Waals surface area contributed by atoms with E-state index in [0.717, 1.165) is 6.67 Å². The normalized spacial score (nSPS) is 23.4. The zero-order valence-electron chi connectivity index (χ0n) is 10.2. The van der Waals surface area contributed by atoms with Crippen LogP contribution < -0.4 is 10.7 Å². The molecule has 0 atom stereocenters. The van der Waals surface area contributed by atoms with Crippen molar-refractivity contribution < 1.29 is 4.79 Å². The number of carbonyl (C=O) groups excluding carboxylic acids is 1. The Morgan fingerprint density at radius 2 is 2.12 bits per heavy atom. The molecule has 0 radical (unpaired) electrons. The molecule has 2 N–H and O–H groups in total. The molecular weight excluding hydrogens is 236 g/mol. The van der Waals surface area contributed by atoms with Gasteiger partial charge in [-0.3, -0.25) is 15.1 Å². The summed E-state index contributed by atoms with van der Waals surface area (Å²) in [6.07, 6.45) is 6.48. The summed E-state index contributed by atoms with van der Waals surface area (Å²) in [5, 5.41) is 5.48. The van der Waals surface area contributed by atoms with Gasteiger partial charge in [0.2, 0.25) is 5.91 Å². The van der Waals surface area contributed by atoms with Gasteiger partial charge in [0.15, 0.2) is 5.11 Å². The number of hydrogen-bond donors (Lipinski definition) is 2. The van der Waals surface area contributed by atoms with Gasteiger partial charge in [0.05, 0.1) is 13.3 Å². The first-order valence-electron chi connectivity index (χ1n) is 6.23. The number of rotatable bonds is 2. The van der Waals surface area contributed by atoms with Gasteiger partial charge in [0.25, 0.3) is 0 Å². The van der Waals surface area contributed by atoms with E-state index in [-0.39, 0.29) is 5.91 Å². The van der Waals surface area contributed by atoms with Gasteiger partial charge in [-0.1, -0.05) is 19.3 Å². The number of nitrogens with zero attached hydrogens (tertiary/aromatic N) is 2. The van der Waals surface area contributed by atoms with Crippen LogP contribution in [0.1, 0.15) is 39.0 Å². The van der Waals surface area contributed by atoms with E-state index in [2.05, 4.69) is 15.6 Å². The van der Waals surface area contributed by atoms with Crippen LogP contribution in [0.4, 0.5) is 0 Å². The van der Waals surface area contributed by atoms with Gasteiger partial charge in [-0.25, -0.2) is 5.01 Å². The molecule has 6 heteroatoms. The predicted molar refractivity (Wildman–Crippen MR) is 69.8 cm³/mol. The molecule has 96 valence electrons. The molecule has 1 saturated heterocycles. The van der Waals surface area contributed by atoms with E-state index in [1.54, 1.807) is 5.01 Å². The molecule has 0 aromatic rings. The first-order valence-corrected chi connectivity index (χ1v) is 6.64. The van der Waals surface area contributed by atoms with E-state index in [1.807, 2.05) is 0 Å². The lowest BCUT2D eigenvalue weighted by Gasteiger charge is -2.42. The minimum Gasteiger partial charge on any atom is -0.348 e. The molecule has 1 heterocycles. The lowest BCUT2D eigenvalue weighted by atomic mass is 9.94. The Morgan fingerprint density at radius 3 is 2.76 bits per heavy atom. The van der Waals surface area contributed by atoms with Crippen molar-refractivity contribution in [3.63, 3.8) is 0 Å². The second-order valence-electron chi connectivity index (χ2n) is 4.76. The maximum absolute atomic E-state index is 11.1. The summed E-state index contributed by atoms with van der Waals surface area (Å²) < 4.78 is 0. The summed E-state index contributed by atoms with van der Waals surface area (Å²) in [6.45, 7) is 2.98. The number of nitrogens with one attached hydrogen (secondary N) is 2. The third kappa shape index (κ3) is 3.29. The lowest BCUT2D eigenvalue weighted by molar-refractivity contribution is -0.123. The summed E-state index contributed by atoms with van der Waals surface area (Å²) in [7, 11) is 0. The maximum Gasteiger partial charge on any atom is 0.235 e. The van der Waals surface area contributed by atoms with Crippen LogP contribution in [0.3, 0.4) is 0 Å². The number of carbonyl (C=O) groups is 1. The van der Waals surface area contributed by atoms with Crippen LogP contribution in [0.2, 0.25) is 0 Å². The lowest BCUT2D eigenvalue weighted by Crippen LogP contribution is -2.63. The molecule has 0 aromatic carbocycles. The van der Waals surface area contributed by atoms with Crippen molar-refractivity contribution in [2.24, 2.45) is 0 Å². The highest BCUT2D eigenvalue weighted by atomic mass is 32.1. The largest absolute Gasteiger partial charge is 0.348 e. The van der Waals surface area contributed by atoms with Gasteiger partial charge in [-0.15, -0.1) is 0 Å². The van der Waals surface area contributed by atoms with E-state index in [4.69, 9.17) is 12.2 Å². The number of hydrogen-bond acceptors (Lipinski definition) is 3. The van der Waals surface area contributed by atoms with Gasteiger partial charge in [0.1, 0.15) is 0 Å². The van der Waals surface area contributed by atoms with Crippen molar-refractivity contribution in [1.29, 1.82) is 0 Å². The Hall–Kier alpha value is -0.880. The number of amides is 1. The van der Waals surface area contributed by atoms with Crippen molar-refractivity contribution in [3.05, 3.63) is 0 Å². The Morgan fingerprint density at radius 1 is 1.41 bits per heavy atom. The van der Waals surface area contributed by atoms with E-state index in [1.165, 1.54) is 39.0 Å². The van der Waals surface area contributed by atoms with E-state index >= 15 is 0 Å². The molecule has 0 unspecified atom stereocenters. The summed E-state index contributed by atoms with van der Waals surface area (Å²) in [6, 6.07) is 0.621. The fourth-order valence-corrected chi connectivity index (χ4v) is 2.70. The first-order chi connectivity index (χ1) is 8.16. The standard InChI is InChI=1S/C11H20N4OS/c1-9(16)13-15-8-14(7-12-11(15)17)10-5-3-2-4-6-10/h10H,2-8H2,1H3,(H,12,17)(H,13,16). The van der Waals surface area contributed by atoms with Crippen LogP contribution in [0.15, 0.2) is 0 Å². The fourth-order valence-electron chi connectivity index (χ4n) is 2.53. The topological polar surface area (TPSA) is 47.6 Å². The quantitative estimate of drug-likeness (QED) is 0.715. The fraction of sp³-hybridized carbons (Fsp3) is 0.818. The van der Waals surface area contributed by atoms with Crippen LogP contribution in [-0.2, 0) is 4.79 Å². The highest BCUT2D eigenvalue weighted by Gasteiger charge is 2.27. The molecule has 2 rings (SSSR count). The summed E-state index contributed by atoms with van der Waals surface area (Å²) in [5.74, 6) is -0.0837. The minimum atomic E-state index is -0.0837. The Balaban J connectivity index is 1.91. The van der Waals surface area contributed by atoms with Crippen LogP contribution in [0.5, 0.6) is 0 Å². The van der Waals surface area contributed by atoms with E-state index in [0.29, 0.717) is 17.8 Å². The molecule has 1 aliphatic carbocycles. The summed E-state index contributed by atoms with van der Waals surface area (Å²) in [4.78, 5) is 13.4. The maximum atomic E-state index is 11.1. The van der Waals surface area contributed by atoms with Gasteiger partial charge < -0.3 is 5.32 Å². The highest BCUT2D eigenvalue weighted by molar-refractivity contribution is 7.80. The molecule has 0 spiro atoms. The zero-order chi connectivity index (χ0) is 12.3. The molecular formula is C11H20N4OS. The number of thiocarbonyl (C=S) groups is 1. The van der Waals surface area contributed by atoms with Crippen molar-refractivity contribution >= 4 is 23.2 Å².